The summed E-state index contributed by atoms with van der Waals surface area (Å²) in [5.41, 5.74) is 2.91. The van der Waals surface area contributed by atoms with E-state index in [1.807, 2.05) is 49.7 Å². The minimum atomic E-state index is -0.898. The van der Waals surface area contributed by atoms with Crippen molar-refractivity contribution in [2.75, 3.05) is 7.11 Å². The van der Waals surface area contributed by atoms with Crippen LogP contribution in [0.5, 0.6) is 5.75 Å². The van der Waals surface area contributed by atoms with Crippen molar-refractivity contribution in [3.63, 3.8) is 0 Å². The molecule has 0 fully saturated rings. The zero-order valence-corrected chi connectivity index (χ0v) is 12.2. The molecule has 4 heteroatoms. The molecule has 0 radical (unpaired) electrons. The van der Waals surface area contributed by atoms with Crippen LogP contribution in [0, 0.1) is 0 Å². The highest BCUT2D eigenvalue weighted by atomic mass is 16.5. The van der Waals surface area contributed by atoms with Crippen molar-refractivity contribution in [3.8, 4) is 17.0 Å². The third kappa shape index (κ3) is 2.29. The van der Waals surface area contributed by atoms with Crippen molar-refractivity contribution in [3.05, 3.63) is 41.6 Å². The van der Waals surface area contributed by atoms with Crippen molar-refractivity contribution >= 4 is 5.97 Å². The van der Waals surface area contributed by atoms with E-state index in [4.69, 9.17) is 4.74 Å². The maximum absolute atomic E-state index is 11.4. The molecular formula is C16H19NO3. The van der Waals surface area contributed by atoms with Gasteiger partial charge in [-0.1, -0.05) is 26.0 Å². The van der Waals surface area contributed by atoms with E-state index in [0.29, 0.717) is 5.56 Å². The molecule has 0 saturated carbocycles. The van der Waals surface area contributed by atoms with Gasteiger partial charge in [-0.05, 0) is 24.1 Å². The third-order valence-electron chi connectivity index (χ3n) is 3.44. The SMILES string of the molecule is COc1ccccc1-c1cc(C(=O)O)c(C(C)C)n1C. The van der Waals surface area contributed by atoms with Gasteiger partial charge < -0.3 is 14.4 Å². The van der Waals surface area contributed by atoms with Gasteiger partial charge in [0, 0.05) is 18.3 Å². The minimum absolute atomic E-state index is 0.134. The van der Waals surface area contributed by atoms with Crippen molar-refractivity contribution in [2.45, 2.75) is 19.8 Å². The van der Waals surface area contributed by atoms with E-state index in [9.17, 15) is 9.90 Å². The molecular weight excluding hydrogens is 254 g/mol. The van der Waals surface area contributed by atoms with E-state index in [1.165, 1.54) is 0 Å². The molecule has 1 aromatic heterocycles. The number of carboxylic acid groups (broad SMARTS) is 1. The number of rotatable bonds is 4. The summed E-state index contributed by atoms with van der Waals surface area (Å²) >= 11 is 0. The van der Waals surface area contributed by atoms with Crippen LogP contribution in [-0.2, 0) is 7.05 Å². The summed E-state index contributed by atoms with van der Waals surface area (Å²) in [6.45, 7) is 3.99. The van der Waals surface area contributed by atoms with Gasteiger partial charge in [-0.15, -0.1) is 0 Å². The molecule has 106 valence electrons. The smallest absolute Gasteiger partial charge is 0.337 e. The lowest BCUT2D eigenvalue weighted by Crippen LogP contribution is -2.06. The van der Waals surface area contributed by atoms with Crippen LogP contribution >= 0.6 is 0 Å². The van der Waals surface area contributed by atoms with Crippen LogP contribution in [0.1, 0.15) is 35.8 Å². The highest BCUT2D eigenvalue weighted by Gasteiger charge is 2.22. The lowest BCUT2D eigenvalue weighted by atomic mass is 10.1. The van der Waals surface area contributed by atoms with E-state index >= 15 is 0 Å². The lowest BCUT2D eigenvalue weighted by Gasteiger charge is -2.13. The first-order chi connectivity index (χ1) is 9.47. The molecule has 0 spiro atoms. The fourth-order valence-corrected chi connectivity index (χ4v) is 2.60. The predicted octanol–water partition coefficient (Wildman–Crippen LogP) is 3.52. The maximum atomic E-state index is 11.4. The number of para-hydroxylation sites is 1. The Morgan fingerprint density at radius 2 is 1.95 bits per heavy atom. The van der Waals surface area contributed by atoms with Crippen molar-refractivity contribution in [1.29, 1.82) is 0 Å². The molecule has 0 aliphatic carbocycles. The summed E-state index contributed by atoms with van der Waals surface area (Å²) in [5.74, 6) is -0.0275. The van der Waals surface area contributed by atoms with Gasteiger partial charge in [0.1, 0.15) is 5.75 Å². The van der Waals surface area contributed by atoms with E-state index in [-0.39, 0.29) is 5.92 Å². The Kier molecular flexibility index (Phi) is 3.84. The van der Waals surface area contributed by atoms with Crippen LogP contribution in [0.4, 0.5) is 0 Å². The second-order valence-corrected chi connectivity index (χ2v) is 5.05. The average Bonchev–Trinajstić information content (AvgIpc) is 2.76. The van der Waals surface area contributed by atoms with Gasteiger partial charge in [0.25, 0.3) is 0 Å². The monoisotopic (exact) mass is 273 g/mol. The largest absolute Gasteiger partial charge is 0.496 e. The normalized spacial score (nSPS) is 10.8. The summed E-state index contributed by atoms with van der Waals surface area (Å²) in [7, 11) is 3.51. The molecule has 0 aliphatic rings. The number of hydrogen-bond acceptors (Lipinski definition) is 2. The number of benzene rings is 1. The van der Waals surface area contributed by atoms with Crippen LogP contribution in [0.25, 0.3) is 11.3 Å². The molecule has 20 heavy (non-hydrogen) atoms. The number of nitrogens with zero attached hydrogens (tertiary/aromatic N) is 1. The highest BCUT2D eigenvalue weighted by Crippen LogP contribution is 2.34. The second kappa shape index (κ2) is 5.41. The zero-order chi connectivity index (χ0) is 14.9. The number of carbonyl (C=O) groups is 1. The molecule has 0 amide bonds. The summed E-state index contributed by atoms with van der Waals surface area (Å²) < 4.78 is 7.30. The average molecular weight is 273 g/mol. The lowest BCUT2D eigenvalue weighted by molar-refractivity contribution is 0.0695. The molecule has 0 atom stereocenters. The van der Waals surface area contributed by atoms with E-state index in [0.717, 1.165) is 22.7 Å². The second-order valence-electron chi connectivity index (χ2n) is 5.05. The van der Waals surface area contributed by atoms with Crippen LogP contribution in [0.2, 0.25) is 0 Å². The molecule has 0 unspecified atom stereocenters. The van der Waals surface area contributed by atoms with Crippen LogP contribution in [-0.4, -0.2) is 22.8 Å². The third-order valence-corrected chi connectivity index (χ3v) is 3.44. The van der Waals surface area contributed by atoms with Crippen LogP contribution in [0.3, 0.4) is 0 Å². The van der Waals surface area contributed by atoms with E-state index < -0.39 is 5.97 Å². The Morgan fingerprint density at radius 1 is 1.30 bits per heavy atom. The molecule has 1 N–H and O–H groups in total. The van der Waals surface area contributed by atoms with E-state index in [2.05, 4.69) is 0 Å². The number of hydrogen-bond donors (Lipinski definition) is 1. The van der Waals surface area contributed by atoms with Crippen molar-refractivity contribution < 1.29 is 14.6 Å². The van der Waals surface area contributed by atoms with Gasteiger partial charge in [0.05, 0.1) is 18.4 Å². The standard InChI is InChI=1S/C16H19NO3/c1-10(2)15-12(16(18)19)9-13(17(15)3)11-7-5-6-8-14(11)20-4/h5-10H,1-4H3,(H,18,19). The van der Waals surface area contributed by atoms with Gasteiger partial charge in [-0.2, -0.15) is 0 Å². The summed E-state index contributed by atoms with van der Waals surface area (Å²) in [6, 6.07) is 9.34. The molecule has 1 heterocycles. The fourth-order valence-electron chi connectivity index (χ4n) is 2.60. The molecule has 0 bridgehead atoms. The quantitative estimate of drug-likeness (QED) is 0.927. The maximum Gasteiger partial charge on any atom is 0.337 e. The Hall–Kier alpha value is -2.23. The Morgan fingerprint density at radius 3 is 2.45 bits per heavy atom. The molecule has 4 nitrogen and oxygen atoms in total. The topological polar surface area (TPSA) is 51.5 Å². The van der Waals surface area contributed by atoms with Gasteiger partial charge in [-0.25, -0.2) is 4.79 Å². The number of methoxy groups -OCH3 is 1. The Bertz CT molecular complexity index is 641. The first-order valence-corrected chi connectivity index (χ1v) is 6.53. The van der Waals surface area contributed by atoms with Gasteiger partial charge in [-0.3, -0.25) is 0 Å². The highest BCUT2D eigenvalue weighted by molar-refractivity contribution is 5.92. The van der Waals surface area contributed by atoms with E-state index in [1.54, 1.807) is 13.2 Å². The summed E-state index contributed by atoms with van der Waals surface area (Å²) in [4.78, 5) is 11.4. The van der Waals surface area contributed by atoms with Crippen molar-refractivity contribution in [1.82, 2.24) is 4.57 Å². The van der Waals surface area contributed by atoms with Gasteiger partial charge in [0.2, 0.25) is 0 Å². The Balaban J connectivity index is 2.70. The summed E-state index contributed by atoms with van der Waals surface area (Å²) in [6.07, 6.45) is 0. The van der Waals surface area contributed by atoms with Crippen LogP contribution < -0.4 is 4.74 Å². The predicted molar refractivity (Wildman–Crippen MR) is 78.4 cm³/mol. The Labute approximate surface area is 118 Å². The van der Waals surface area contributed by atoms with Crippen LogP contribution in [0.15, 0.2) is 30.3 Å². The molecule has 2 rings (SSSR count). The zero-order valence-electron chi connectivity index (χ0n) is 12.2. The number of carboxylic acids is 1. The number of ether oxygens (including phenoxy) is 1. The van der Waals surface area contributed by atoms with Crippen molar-refractivity contribution in [2.24, 2.45) is 7.05 Å². The number of aromatic carboxylic acids is 1. The summed E-state index contributed by atoms with van der Waals surface area (Å²) in [5, 5.41) is 9.38. The first kappa shape index (κ1) is 14.2. The van der Waals surface area contributed by atoms with Gasteiger partial charge in [0.15, 0.2) is 0 Å². The minimum Gasteiger partial charge on any atom is -0.496 e. The number of aromatic nitrogens is 1. The first-order valence-electron chi connectivity index (χ1n) is 6.53. The fraction of sp³-hybridized carbons (Fsp3) is 0.312. The van der Waals surface area contributed by atoms with Gasteiger partial charge >= 0.3 is 5.97 Å². The molecule has 2 aromatic rings. The molecule has 0 saturated heterocycles. The molecule has 0 aliphatic heterocycles. The molecule has 1 aromatic carbocycles.